The zero-order valence-corrected chi connectivity index (χ0v) is 12.2. The van der Waals surface area contributed by atoms with E-state index < -0.39 is 0 Å². The van der Waals surface area contributed by atoms with E-state index in [1.54, 1.807) is 7.11 Å². The van der Waals surface area contributed by atoms with Crippen LogP contribution in [-0.2, 0) is 0 Å². The van der Waals surface area contributed by atoms with Crippen LogP contribution < -0.4 is 14.8 Å². The molecule has 0 aliphatic carbocycles. The molecule has 0 saturated heterocycles. The Hall–Kier alpha value is -2.08. The minimum Gasteiger partial charge on any atom is -0.497 e. The van der Waals surface area contributed by atoms with Crippen LogP contribution in [0.5, 0.6) is 11.8 Å². The molecule has 20 heavy (non-hydrogen) atoms. The highest BCUT2D eigenvalue weighted by Gasteiger charge is 2.08. The second kappa shape index (κ2) is 6.38. The standard InChI is InChI=1S/C13H15ClN4O2/c1-4-20-13-17-11(14)16-12(18-13)15-10-6-5-9(19-3)7-8(10)2/h5-7H,4H2,1-3H3,(H,15,16,17,18). The number of ether oxygens (including phenoxy) is 2. The van der Waals surface area contributed by atoms with Crippen molar-refractivity contribution in [2.75, 3.05) is 19.0 Å². The smallest absolute Gasteiger partial charge is 0.322 e. The summed E-state index contributed by atoms with van der Waals surface area (Å²) < 4.78 is 10.4. The molecule has 0 unspecified atom stereocenters. The van der Waals surface area contributed by atoms with Crippen molar-refractivity contribution in [3.05, 3.63) is 29.0 Å². The first-order valence-electron chi connectivity index (χ1n) is 6.08. The molecular weight excluding hydrogens is 280 g/mol. The van der Waals surface area contributed by atoms with E-state index in [0.717, 1.165) is 17.0 Å². The molecule has 6 nitrogen and oxygen atoms in total. The molecule has 0 bridgehead atoms. The largest absolute Gasteiger partial charge is 0.497 e. The number of rotatable bonds is 5. The predicted octanol–water partition coefficient (Wildman–Crippen LogP) is 2.98. The van der Waals surface area contributed by atoms with Gasteiger partial charge in [0, 0.05) is 5.69 Å². The van der Waals surface area contributed by atoms with E-state index in [1.165, 1.54) is 0 Å². The van der Waals surface area contributed by atoms with E-state index in [2.05, 4.69) is 20.3 Å². The third-order valence-electron chi connectivity index (χ3n) is 2.54. The van der Waals surface area contributed by atoms with Gasteiger partial charge in [-0.25, -0.2) is 0 Å². The zero-order chi connectivity index (χ0) is 14.5. The van der Waals surface area contributed by atoms with Crippen molar-refractivity contribution >= 4 is 23.2 Å². The number of nitrogens with zero attached hydrogens (tertiary/aromatic N) is 3. The van der Waals surface area contributed by atoms with Gasteiger partial charge in [-0.3, -0.25) is 0 Å². The molecule has 1 N–H and O–H groups in total. The molecule has 0 spiro atoms. The Kier molecular flexibility index (Phi) is 4.57. The van der Waals surface area contributed by atoms with Crippen LogP contribution in [0.2, 0.25) is 5.28 Å². The van der Waals surface area contributed by atoms with E-state index in [4.69, 9.17) is 21.1 Å². The van der Waals surface area contributed by atoms with Gasteiger partial charge in [-0.1, -0.05) is 0 Å². The second-order valence-corrected chi connectivity index (χ2v) is 4.29. The average molecular weight is 295 g/mol. The number of nitrogens with one attached hydrogen (secondary N) is 1. The summed E-state index contributed by atoms with van der Waals surface area (Å²) in [4.78, 5) is 12.0. The second-order valence-electron chi connectivity index (χ2n) is 3.95. The van der Waals surface area contributed by atoms with Gasteiger partial charge in [-0.2, -0.15) is 15.0 Å². The van der Waals surface area contributed by atoms with E-state index in [0.29, 0.717) is 12.6 Å². The minimum absolute atomic E-state index is 0.0807. The van der Waals surface area contributed by atoms with Crippen molar-refractivity contribution in [2.24, 2.45) is 0 Å². The maximum absolute atomic E-state index is 5.84. The van der Waals surface area contributed by atoms with Gasteiger partial charge in [0.25, 0.3) is 0 Å². The lowest BCUT2D eigenvalue weighted by Gasteiger charge is -2.10. The number of methoxy groups -OCH3 is 1. The minimum atomic E-state index is 0.0807. The molecule has 1 aromatic carbocycles. The van der Waals surface area contributed by atoms with Crippen LogP contribution in [0.1, 0.15) is 12.5 Å². The van der Waals surface area contributed by atoms with Gasteiger partial charge in [0.1, 0.15) is 5.75 Å². The predicted molar refractivity (Wildman–Crippen MR) is 77.0 cm³/mol. The van der Waals surface area contributed by atoms with Gasteiger partial charge in [0.2, 0.25) is 11.2 Å². The summed E-state index contributed by atoms with van der Waals surface area (Å²) in [5.41, 5.74) is 1.86. The molecule has 2 aromatic rings. The summed E-state index contributed by atoms with van der Waals surface area (Å²) >= 11 is 5.84. The number of hydrogen-bond donors (Lipinski definition) is 1. The fourth-order valence-electron chi connectivity index (χ4n) is 1.61. The molecule has 0 amide bonds. The topological polar surface area (TPSA) is 69.2 Å². The van der Waals surface area contributed by atoms with Crippen LogP contribution in [0.4, 0.5) is 11.6 Å². The van der Waals surface area contributed by atoms with Gasteiger partial charge >= 0.3 is 6.01 Å². The maximum Gasteiger partial charge on any atom is 0.322 e. The summed E-state index contributed by atoms with van der Waals surface area (Å²) in [5.74, 6) is 1.12. The van der Waals surface area contributed by atoms with E-state index >= 15 is 0 Å². The maximum atomic E-state index is 5.84. The number of hydrogen-bond acceptors (Lipinski definition) is 6. The Bertz CT molecular complexity index is 607. The SMILES string of the molecule is CCOc1nc(Cl)nc(Nc2ccc(OC)cc2C)n1. The van der Waals surface area contributed by atoms with Crippen molar-refractivity contribution in [3.63, 3.8) is 0 Å². The first-order chi connectivity index (χ1) is 9.62. The Morgan fingerprint density at radius 1 is 1.25 bits per heavy atom. The molecule has 1 heterocycles. The lowest BCUT2D eigenvalue weighted by atomic mass is 10.2. The third kappa shape index (κ3) is 3.48. The van der Waals surface area contributed by atoms with E-state index in [-0.39, 0.29) is 11.3 Å². The number of anilines is 2. The molecule has 0 saturated carbocycles. The Morgan fingerprint density at radius 2 is 2.05 bits per heavy atom. The Morgan fingerprint density at radius 3 is 2.70 bits per heavy atom. The quantitative estimate of drug-likeness (QED) is 0.914. The molecule has 7 heteroatoms. The average Bonchev–Trinajstić information content (AvgIpc) is 2.41. The summed E-state index contributed by atoms with van der Waals surface area (Å²) in [6, 6.07) is 5.84. The normalized spacial score (nSPS) is 10.2. The van der Waals surface area contributed by atoms with Crippen molar-refractivity contribution < 1.29 is 9.47 Å². The van der Waals surface area contributed by atoms with Crippen molar-refractivity contribution in [1.82, 2.24) is 15.0 Å². The number of halogens is 1. The van der Waals surface area contributed by atoms with Crippen molar-refractivity contribution in [1.29, 1.82) is 0 Å². The van der Waals surface area contributed by atoms with Crippen LogP contribution in [-0.4, -0.2) is 28.7 Å². The highest BCUT2D eigenvalue weighted by Crippen LogP contribution is 2.24. The van der Waals surface area contributed by atoms with Crippen molar-refractivity contribution in [3.8, 4) is 11.8 Å². The highest BCUT2D eigenvalue weighted by molar-refractivity contribution is 6.28. The molecule has 0 radical (unpaired) electrons. The Labute approximate surface area is 122 Å². The molecule has 0 aliphatic rings. The fourth-order valence-corrected chi connectivity index (χ4v) is 1.76. The fraction of sp³-hybridized carbons (Fsp3) is 0.308. The zero-order valence-electron chi connectivity index (χ0n) is 11.5. The molecule has 1 aromatic heterocycles. The van der Waals surface area contributed by atoms with Crippen LogP contribution in [0.25, 0.3) is 0 Å². The number of aryl methyl sites for hydroxylation is 1. The summed E-state index contributed by atoms with van der Waals surface area (Å²) in [5, 5.41) is 3.16. The summed E-state index contributed by atoms with van der Waals surface area (Å²) in [7, 11) is 1.63. The first-order valence-corrected chi connectivity index (χ1v) is 6.46. The van der Waals surface area contributed by atoms with Crippen molar-refractivity contribution in [2.45, 2.75) is 13.8 Å². The lowest BCUT2D eigenvalue weighted by molar-refractivity contribution is 0.312. The highest BCUT2D eigenvalue weighted by atomic mass is 35.5. The van der Waals surface area contributed by atoms with E-state index in [1.807, 2.05) is 32.0 Å². The van der Waals surface area contributed by atoms with Gasteiger partial charge in [0.15, 0.2) is 0 Å². The van der Waals surface area contributed by atoms with Crippen LogP contribution in [0.15, 0.2) is 18.2 Å². The lowest BCUT2D eigenvalue weighted by Crippen LogP contribution is -2.04. The monoisotopic (exact) mass is 294 g/mol. The van der Waals surface area contributed by atoms with Crippen LogP contribution in [0.3, 0.4) is 0 Å². The first kappa shape index (κ1) is 14.3. The molecule has 0 atom stereocenters. The third-order valence-corrected chi connectivity index (χ3v) is 2.71. The van der Waals surface area contributed by atoms with Crippen LogP contribution in [0, 0.1) is 6.92 Å². The summed E-state index contributed by atoms with van der Waals surface area (Å²) in [6.45, 7) is 4.26. The van der Waals surface area contributed by atoms with Gasteiger partial charge in [-0.05, 0) is 49.2 Å². The Balaban J connectivity index is 2.25. The van der Waals surface area contributed by atoms with Gasteiger partial charge in [-0.15, -0.1) is 0 Å². The van der Waals surface area contributed by atoms with E-state index in [9.17, 15) is 0 Å². The van der Waals surface area contributed by atoms with Crippen LogP contribution >= 0.6 is 11.6 Å². The molecular formula is C13H15ClN4O2. The van der Waals surface area contributed by atoms with Gasteiger partial charge in [0.05, 0.1) is 13.7 Å². The van der Waals surface area contributed by atoms with Gasteiger partial charge < -0.3 is 14.8 Å². The molecule has 2 rings (SSSR count). The molecule has 0 aliphatic heterocycles. The molecule has 0 fully saturated rings. The molecule has 106 valence electrons. The number of benzene rings is 1. The summed E-state index contributed by atoms with van der Waals surface area (Å²) in [6.07, 6.45) is 0. The number of aromatic nitrogens is 3.